The van der Waals surface area contributed by atoms with E-state index in [9.17, 15) is 4.57 Å². The van der Waals surface area contributed by atoms with Gasteiger partial charge in [-0.15, -0.1) is 0 Å². The molecule has 0 aromatic rings. The second kappa shape index (κ2) is 4.23. The minimum Gasteiger partial charge on any atom is -0.377 e. The largest absolute Gasteiger partial charge is 0.377 e. The maximum atomic E-state index is 9.85. The fourth-order valence-corrected chi connectivity index (χ4v) is 0.602. The molecule has 0 radical (unpaired) electrons. The summed E-state index contributed by atoms with van der Waals surface area (Å²) in [4.78, 5) is 0. The summed E-state index contributed by atoms with van der Waals surface area (Å²) in [7, 11) is 1.39. The van der Waals surface area contributed by atoms with Gasteiger partial charge in [0, 0.05) is 7.11 Å². The van der Waals surface area contributed by atoms with Crippen LogP contribution in [-0.2, 0) is 9.30 Å². The summed E-state index contributed by atoms with van der Waals surface area (Å²) >= 11 is 0. The lowest BCUT2D eigenvalue weighted by atomic mass is 10.5. The summed E-state index contributed by atoms with van der Waals surface area (Å²) in [5, 5.41) is 0. The van der Waals surface area contributed by atoms with Gasteiger partial charge in [0.1, 0.15) is 0 Å². The maximum Gasteiger partial charge on any atom is 0.327 e. The highest BCUT2D eigenvalue weighted by Crippen LogP contribution is 1.97. The van der Waals surface area contributed by atoms with Gasteiger partial charge in [-0.3, -0.25) is 0 Å². The SMILES string of the molecule is COC(C)C[PH+]=O. The van der Waals surface area contributed by atoms with Crippen molar-refractivity contribution in [1.29, 1.82) is 0 Å². The lowest BCUT2D eigenvalue weighted by Crippen LogP contribution is -2.04. The van der Waals surface area contributed by atoms with Crippen LogP contribution in [0.15, 0.2) is 0 Å². The van der Waals surface area contributed by atoms with Gasteiger partial charge in [-0.05, 0) is 6.92 Å². The first-order chi connectivity index (χ1) is 3.31. The highest BCUT2D eigenvalue weighted by molar-refractivity contribution is 7.23. The zero-order valence-corrected chi connectivity index (χ0v) is 5.60. The van der Waals surface area contributed by atoms with Crippen molar-refractivity contribution in [3.8, 4) is 0 Å². The van der Waals surface area contributed by atoms with Crippen molar-refractivity contribution in [3.05, 3.63) is 0 Å². The van der Waals surface area contributed by atoms with E-state index in [1.165, 1.54) is 0 Å². The maximum absolute atomic E-state index is 9.85. The molecule has 0 fully saturated rings. The first kappa shape index (κ1) is 7.06. The zero-order valence-electron chi connectivity index (χ0n) is 4.60. The highest BCUT2D eigenvalue weighted by atomic mass is 31.1. The number of ether oxygens (including phenoxy) is 1. The summed E-state index contributed by atoms with van der Waals surface area (Å²) in [6, 6.07) is 0. The molecule has 42 valence electrons. The van der Waals surface area contributed by atoms with Crippen LogP contribution in [0.2, 0.25) is 0 Å². The van der Waals surface area contributed by atoms with Crippen LogP contribution >= 0.6 is 8.46 Å². The van der Waals surface area contributed by atoms with Gasteiger partial charge in [0.25, 0.3) is 0 Å². The Morgan fingerprint density at radius 2 is 2.43 bits per heavy atom. The van der Waals surface area contributed by atoms with E-state index in [1.54, 1.807) is 7.11 Å². The van der Waals surface area contributed by atoms with Crippen molar-refractivity contribution in [2.45, 2.75) is 13.0 Å². The quantitative estimate of drug-likeness (QED) is 0.521. The monoisotopic (exact) mass is 121 g/mol. The van der Waals surface area contributed by atoms with Crippen molar-refractivity contribution in [1.82, 2.24) is 0 Å². The Morgan fingerprint density at radius 3 is 2.57 bits per heavy atom. The van der Waals surface area contributed by atoms with Crippen LogP contribution in [0, 0.1) is 0 Å². The van der Waals surface area contributed by atoms with E-state index in [4.69, 9.17) is 4.74 Å². The van der Waals surface area contributed by atoms with Crippen LogP contribution in [0.1, 0.15) is 6.92 Å². The molecule has 0 aromatic carbocycles. The summed E-state index contributed by atoms with van der Waals surface area (Å²) in [6.07, 6.45) is 0.798. The van der Waals surface area contributed by atoms with Gasteiger partial charge in [0.15, 0.2) is 6.16 Å². The molecular weight excluding hydrogens is 111 g/mol. The first-order valence-corrected chi connectivity index (χ1v) is 3.30. The predicted molar refractivity (Wildman–Crippen MR) is 30.3 cm³/mol. The van der Waals surface area contributed by atoms with Crippen LogP contribution in [-0.4, -0.2) is 19.4 Å². The van der Waals surface area contributed by atoms with Crippen LogP contribution in [0.25, 0.3) is 0 Å². The van der Waals surface area contributed by atoms with E-state index in [0.717, 1.165) is 0 Å². The highest BCUT2D eigenvalue weighted by Gasteiger charge is 2.01. The molecule has 3 heteroatoms. The molecule has 2 atom stereocenters. The number of methoxy groups -OCH3 is 1. The van der Waals surface area contributed by atoms with Gasteiger partial charge in [-0.1, -0.05) is 4.57 Å². The van der Waals surface area contributed by atoms with Crippen LogP contribution in [0.5, 0.6) is 0 Å². The summed E-state index contributed by atoms with van der Waals surface area (Å²) in [6.45, 7) is 1.89. The molecule has 0 spiro atoms. The third-order valence-corrected chi connectivity index (χ3v) is 1.51. The molecule has 0 aromatic heterocycles. The summed E-state index contributed by atoms with van der Waals surface area (Å²) in [5.74, 6) is 0. The fraction of sp³-hybridized carbons (Fsp3) is 1.00. The number of rotatable bonds is 3. The van der Waals surface area contributed by atoms with Crippen molar-refractivity contribution in [2.24, 2.45) is 0 Å². The average molecular weight is 121 g/mol. The smallest absolute Gasteiger partial charge is 0.327 e. The molecule has 0 aliphatic rings. The molecule has 0 N–H and O–H groups in total. The molecule has 0 heterocycles. The van der Waals surface area contributed by atoms with Crippen LogP contribution in [0.4, 0.5) is 0 Å². The minimum atomic E-state index is -0.230. The Morgan fingerprint density at radius 1 is 1.86 bits per heavy atom. The van der Waals surface area contributed by atoms with Crippen LogP contribution in [0.3, 0.4) is 0 Å². The second-order valence-corrected chi connectivity index (χ2v) is 2.09. The van der Waals surface area contributed by atoms with E-state index in [-0.39, 0.29) is 14.6 Å². The Bertz CT molecular complexity index is 55.7. The van der Waals surface area contributed by atoms with Crippen molar-refractivity contribution in [2.75, 3.05) is 13.3 Å². The molecule has 2 unspecified atom stereocenters. The predicted octanol–water partition coefficient (Wildman–Crippen LogP) is 1.05. The van der Waals surface area contributed by atoms with E-state index in [1.807, 2.05) is 6.92 Å². The summed E-state index contributed by atoms with van der Waals surface area (Å²) in [5.41, 5.74) is 0. The van der Waals surface area contributed by atoms with Gasteiger partial charge in [-0.2, -0.15) is 0 Å². The Labute approximate surface area is 45.1 Å². The van der Waals surface area contributed by atoms with Crippen LogP contribution < -0.4 is 0 Å². The van der Waals surface area contributed by atoms with E-state index >= 15 is 0 Å². The molecular formula is C4H10O2P+. The van der Waals surface area contributed by atoms with Gasteiger partial charge in [0.2, 0.25) is 0 Å². The van der Waals surface area contributed by atoms with E-state index < -0.39 is 0 Å². The number of hydrogen-bond donors (Lipinski definition) is 0. The fourth-order valence-electron chi connectivity index (χ4n) is 0.201. The van der Waals surface area contributed by atoms with Gasteiger partial charge >= 0.3 is 8.46 Å². The molecule has 0 rings (SSSR count). The van der Waals surface area contributed by atoms with Crippen molar-refractivity contribution < 1.29 is 9.30 Å². The lowest BCUT2D eigenvalue weighted by molar-refractivity contribution is 0.137. The average Bonchev–Trinajstić information content (AvgIpc) is 1.68. The molecule has 0 aliphatic heterocycles. The topological polar surface area (TPSA) is 26.3 Å². The first-order valence-electron chi connectivity index (χ1n) is 2.19. The molecule has 0 saturated heterocycles. The Kier molecular flexibility index (Phi) is 4.26. The third kappa shape index (κ3) is 3.90. The third-order valence-electron chi connectivity index (χ3n) is 0.773. The number of hydrogen-bond acceptors (Lipinski definition) is 2. The zero-order chi connectivity index (χ0) is 5.70. The minimum absolute atomic E-state index is 0.149. The summed E-state index contributed by atoms with van der Waals surface area (Å²) < 4.78 is 14.6. The second-order valence-electron chi connectivity index (χ2n) is 1.39. The molecule has 7 heavy (non-hydrogen) atoms. The molecule has 0 amide bonds. The van der Waals surface area contributed by atoms with E-state index in [0.29, 0.717) is 6.16 Å². The Balaban J connectivity index is 2.98. The van der Waals surface area contributed by atoms with Gasteiger partial charge < -0.3 is 4.74 Å². The molecule has 0 aliphatic carbocycles. The molecule has 0 bridgehead atoms. The standard InChI is InChI=1S/C4H9O2P/c1-4(6-2)3-7-5/h4H,3H2,1-2H3/p+1. The Hall–Kier alpha value is 0.0600. The van der Waals surface area contributed by atoms with Gasteiger partial charge in [0.05, 0.1) is 6.10 Å². The van der Waals surface area contributed by atoms with Gasteiger partial charge in [-0.25, -0.2) is 0 Å². The lowest BCUT2D eigenvalue weighted by Gasteiger charge is -1.96. The van der Waals surface area contributed by atoms with Crippen molar-refractivity contribution >= 4 is 8.46 Å². The molecule has 2 nitrogen and oxygen atoms in total. The van der Waals surface area contributed by atoms with E-state index in [2.05, 4.69) is 0 Å². The normalized spacial score (nSPS) is 14.6. The van der Waals surface area contributed by atoms with Crippen molar-refractivity contribution in [3.63, 3.8) is 0 Å². The molecule has 0 saturated carbocycles.